The molecule has 0 saturated carbocycles. The zero-order chi connectivity index (χ0) is 33.7. The molecule has 0 saturated heterocycles. The molecule has 1 nitrogen and oxygen atoms in total. The van der Waals surface area contributed by atoms with Gasteiger partial charge in [0, 0.05) is 22.5 Å². The fourth-order valence-corrected chi connectivity index (χ4v) is 7.84. The summed E-state index contributed by atoms with van der Waals surface area (Å²) in [5.74, 6) is 0. The van der Waals surface area contributed by atoms with Crippen LogP contribution in [0.5, 0.6) is 0 Å². The molecule has 0 fully saturated rings. The zero-order valence-electron chi connectivity index (χ0n) is 28.3. The van der Waals surface area contributed by atoms with E-state index in [0.29, 0.717) is 0 Å². The fourth-order valence-electron chi connectivity index (χ4n) is 7.84. The van der Waals surface area contributed by atoms with Crippen LogP contribution < -0.4 is 4.90 Å². The van der Waals surface area contributed by atoms with Crippen molar-refractivity contribution in [3.8, 4) is 44.5 Å². The second-order valence-electron chi connectivity index (χ2n) is 13.8. The second-order valence-corrected chi connectivity index (χ2v) is 13.8. The minimum atomic E-state index is -0.0996. The Morgan fingerprint density at radius 1 is 0.340 bits per heavy atom. The SMILES string of the molecule is CC1(C)c2ccc(N(c3ccc(-c4ccccc4)cc3)c3ccc(-c4ccc5ccccc5c4)cc3)cc2-c2c(-c3ccccc3)cccc21. The lowest BCUT2D eigenvalue weighted by Crippen LogP contribution is -2.15. The summed E-state index contributed by atoms with van der Waals surface area (Å²) in [4.78, 5) is 2.40. The fraction of sp³-hybridized carbons (Fsp3) is 0.0612. The Morgan fingerprint density at radius 3 is 1.56 bits per heavy atom. The number of anilines is 3. The van der Waals surface area contributed by atoms with E-state index in [1.807, 2.05) is 0 Å². The first kappa shape index (κ1) is 29.9. The molecule has 1 heteroatoms. The lowest BCUT2D eigenvalue weighted by Gasteiger charge is -2.27. The molecule has 0 bridgehead atoms. The maximum Gasteiger partial charge on any atom is 0.0468 e. The third kappa shape index (κ3) is 5.11. The molecule has 50 heavy (non-hydrogen) atoms. The van der Waals surface area contributed by atoms with Crippen LogP contribution in [-0.2, 0) is 5.41 Å². The van der Waals surface area contributed by atoms with Crippen LogP contribution in [0, 0.1) is 0 Å². The molecule has 1 aliphatic carbocycles. The van der Waals surface area contributed by atoms with Crippen molar-refractivity contribution < 1.29 is 0 Å². The van der Waals surface area contributed by atoms with Gasteiger partial charge in [0.15, 0.2) is 0 Å². The van der Waals surface area contributed by atoms with Crippen molar-refractivity contribution in [2.75, 3.05) is 4.90 Å². The molecule has 1 aliphatic rings. The summed E-state index contributed by atoms with van der Waals surface area (Å²) in [6.07, 6.45) is 0. The van der Waals surface area contributed by atoms with Gasteiger partial charge in [-0.1, -0.05) is 159 Å². The Kier molecular flexibility index (Phi) is 7.21. The van der Waals surface area contributed by atoms with Gasteiger partial charge in [-0.3, -0.25) is 0 Å². The molecule has 8 aromatic carbocycles. The number of fused-ring (bicyclic) bond motifs is 4. The molecular weight excluding hydrogens is 603 g/mol. The topological polar surface area (TPSA) is 3.24 Å². The third-order valence-electron chi connectivity index (χ3n) is 10.5. The van der Waals surface area contributed by atoms with E-state index in [9.17, 15) is 0 Å². The largest absolute Gasteiger partial charge is 0.310 e. The molecule has 0 atom stereocenters. The number of hydrogen-bond acceptors (Lipinski definition) is 1. The number of hydrogen-bond donors (Lipinski definition) is 0. The van der Waals surface area contributed by atoms with Gasteiger partial charge in [-0.2, -0.15) is 0 Å². The van der Waals surface area contributed by atoms with Crippen molar-refractivity contribution in [3.63, 3.8) is 0 Å². The summed E-state index contributed by atoms with van der Waals surface area (Å²) in [6, 6.07) is 68.6. The van der Waals surface area contributed by atoms with E-state index in [4.69, 9.17) is 0 Å². The van der Waals surface area contributed by atoms with Gasteiger partial charge >= 0.3 is 0 Å². The van der Waals surface area contributed by atoms with Gasteiger partial charge in [0.1, 0.15) is 0 Å². The third-order valence-corrected chi connectivity index (χ3v) is 10.5. The molecule has 0 unspecified atom stereocenters. The van der Waals surface area contributed by atoms with E-state index in [1.165, 1.54) is 66.4 Å². The molecule has 0 heterocycles. The first-order valence-corrected chi connectivity index (χ1v) is 17.4. The Bertz CT molecular complexity index is 2470. The summed E-state index contributed by atoms with van der Waals surface area (Å²) in [5.41, 5.74) is 16.1. The van der Waals surface area contributed by atoms with E-state index < -0.39 is 0 Å². The minimum absolute atomic E-state index is 0.0996. The maximum atomic E-state index is 2.41. The van der Waals surface area contributed by atoms with Crippen LogP contribution in [-0.4, -0.2) is 0 Å². The van der Waals surface area contributed by atoms with Gasteiger partial charge in [-0.15, -0.1) is 0 Å². The average Bonchev–Trinajstić information content (AvgIpc) is 3.41. The van der Waals surface area contributed by atoms with Gasteiger partial charge in [0.2, 0.25) is 0 Å². The van der Waals surface area contributed by atoms with Crippen molar-refractivity contribution in [1.82, 2.24) is 0 Å². The predicted molar refractivity (Wildman–Crippen MR) is 213 cm³/mol. The van der Waals surface area contributed by atoms with Gasteiger partial charge in [-0.25, -0.2) is 0 Å². The first-order chi connectivity index (χ1) is 24.5. The molecule has 0 spiro atoms. The maximum absolute atomic E-state index is 2.41. The molecular formula is C49H37N. The molecule has 0 aromatic heterocycles. The van der Waals surface area contributed by atoms with E-state index >= 15 is 0 Å². The number of rotatable bonds is 6. The van der Waals surface area contributed by atoms with Crippen LogP contribution in [0.1, 0.15) is 25.0 Å². The standard InChI is InChI=1S/C49H37N/c1-49(2)46-31-30-43(33-45(46)48-44(18-11-19-47(48)49)38-15-7-4-8-16-38)50(41-26-22-36(23-27-41)34-12-5-3-6-13-34)42-28-24-37(25-29-42)40-21-20-35-14-9-10-17-39(35)32-40/h3-33H,1-2H3. The van der Waals surface area contributed by atoms with Crippen LogP contribution in [0.3, 0.4) is 0 Å². The monoisotopic (exact) mass is 639 g/mol. The first-order valence-electron chi connectivity index (χ1n) is 17.4. The van der Waals surface area contributed by atoms with Gasteiger partial charge in [-0.05, 0) is 109 Å². The lowest BCUT2D eigenvalue weighted by atomic mass is 9.82. The Labute approximate surface area is 294 Å². The van der Waals surface area contributed by atoms with Crippen molar-refractivity contribution in [2.45, 2.75) is 19.3 Å². The Hall–Kier alpha value is -6.18. The molecule has 0 N–H and O–H groups in total. The average molecular weight is 640 g/mol. The summed E-state index contributed by atoms with van der Waals surface area (Å²) in [7, 11) is 0. The summed E-state index contributed by atoms with van der Waals surface area (Å²) in [6.45, 7) is 4.72. The molecule has 9 rings (SSSR count). The van der Waals surface area contributed by atoms with Crippen molar-refractivity contribution in [1.29, 1.82) is 0 Å². The van der Waals surface area contributed by atoms with Crippen LogP contribution in [0.15, 0.2) is 188 Å². The molecule has 238 valence electrons. The molecule has 0 radical (unpaired) electrons. The highest BCUT2D eigenvalue weighted by Gasteiger charge is 2.37. The second kappa shape index (κ2) is 12.1. The Balaban J connectivity index is 1.18. The van der Waals surface area contributed by atoms with E-state index in [2.05, 4.69) is 207 Å². The highest BCUT2D eigenvalue weighted by atomic mass is 15.1. The number of benzene rings is 8. The summed E-state index contributed by atoms with van der Waals surface area (Å²) in [5, 5.41) is 2.51. The van der Waals surface area contributed by atoms with Gasteiger partial charge in [0.25, 0.3) is 0 Å². The van der Waals surface area contributed by atoms with Crippen molar-refractivity contribution in [2.24, 2.45) is 0 Å². The predicted octanol–water partition coefficient (Wildman–Crippen LogP) is 13.6. The van der Waals surface area contributed by atoms with Crippen LogP contribution >= 0.6 is 0 Å². The molecule has 8 aromatic rings. The summed E-state index contributed by atoms with van der Waals surface area (Å²) < 4.78 is 0. The van der Waals surface area contributed by atoms with E-state index in [1.54, 1.807) is 0 Å². The van der Waals surface area contributed by atoms with E-state index in [-0.39, 0.29) is 5.41 Å². The number of nitrogens with zero attached hydrogens (tertiary/aromatic N) is 1. The van der Waals surface area contributed by atoms with E-state index in [0.717, 1.165) is 17.1 Å². The molecule has 0 aliphatic heterocycles. The van der Waals surface area contributed by atoms with Gasteiger partial charge in [0.05, 0.1) is 0 Å². The van der Waals surface area contributed by atoms with Crippen molar-refractivity contribution in [3.05, 3.63) is 199 Å². The quantitative estimate of drug-likeness (QED) is 0.175. The zero-order valence-corrected chi connectivity index (χ0v) is 28.3. The lowest BCUT2D eigenvalue weighted by molar-refractivity contribution is 0.660. The normalized spacial score (nSPS) is 12.8. The highest BCUT2D eigenvalue weighted by molar-refractivity contribution is 5.95. The Morgan fingerprint density at radius 2 is 0.880 bits per heavy atom. The highest BCUT2D eigenvalue weighted by Crippen LogP contribution is 2.53. The van der Waals surface area contributed by atoms with Crippen LogP contribution in [0.25, 0.3) is 55.3 Å². The molecule has 0 amide bonds. The smallest absolute Gasteiger partial charge is 0.0468 e. The minimum Gasteiger partial charge on any atom is -0.310 e. The van der Waals surface area contributed by atoms with Crippen LogP contribution in [0.2, 0.25) is 0 Å². The van der Waals surface area contributed by atoms with Gasteiger partial charge < -0.3 is 4.90 Å². The van der Waals surface area contributed by atoms with Crippen molar-refractivity contribution >= 4 is 27.8 Å². The van der Waals surface area contributed by atoms with Crippen LogP contribution in [0.4, 0.5) is 17.1 Å². The summed E-state index contributed by atoms with van der Waals surface area (Å²) >= 11 is 0.